The molecule has 186 valence electrons. The number of anilines is 1. The number of nitrogens with zero attached hydrogens (tertiary/aromatic N) is 6. The smallest absolute Gasteiger partial charge is 0.341 e. The molecule has 1 aliphatic heterocycles. The molecule has 12 heteroatoms. The van der Waals surface area contributed by atoms with E-state index in [-0.39, 0.29) is 29.1 Å². The van der Waals surface area contributed by atoms with Gasteiger partial charge >= 0.3 is 5.97 Å². The first-order valence-corrected chi connectivity index (χ1v) is 12.1. The van der Waals surface area contributed by atoms with Gasteiger partial charge in [0.1, 0.15) is 17.2 Å². The summed E-state index contributed by atoms with van der Waals surface area (Å²) in [4.78, 5) is 48.5. The van der Waals surface area contributed by atoms with Gasteiger partial charge in [-0.2, -0.15) is 5.10 Å². The summed E-state index contributed by atoms with van der Waals surface area (Å²) >= 11 is 1.31. The lowest BCUT2D eigenvalue weighted by Crippen LogP contribution is -2.51. The Morgan fingerprint density at radius 2 is 2.06 bits per heavy atom. The number of thiazole rings is 1. The van der Waals surface area contributed by atoms with Crippen LogP contribution in [0.2, 0.25) is 0 Å². The average molecular weight is 509 g/mol. The minimum Gasteiger partial charge on any atom is -0.477 e. The second-order valence-electron chi connectivity index (χ2n) is 8.79. The summed E-state index contributed by atoms with van der Waals surface area (Å²) in [6, 6.07) is 3.65. The molecule has 5 heterocycles. The number of methoxy groups -OCH3 is 1. The zero-order valence-corrected chi connectivity index (χ0v) is 20.8. The molecule has 0 spiro atoms. The number of carbonyl (C=O) groups is 2. The highest BCUT2D eigenvalue weighted by atomic mass is 32.1. The fourth-order valence-corrected chi connectivity index (χ4v) is 5.02. The molecule has 0 aliphatic carbocycles. The van der Waals surface area contributed by atoms with Crippen molar-refractivity contribution in [3.8, 4) is 5.13 Å². The number of pyridine rings is 2. The van der Waals surface area contributed by atoms with Gasteiger partial charge in [0.2, 0.25) is 5.43 Å². The minimum atomic E-state index is -1.30. The molecule has 4 aromatic rings. The lowest BCUT2D eigenvalue weighted by atomic mass is 9.92. The van der Waals surface area contributed by atoms with Crippen molar-refractivity contribution in [3.63, 3.8) is 0 Å². The van der Waals surface area contributed by atoms with Crippen LogP contribution in [0, 0.1) is 12.8 Å². The summed E-state index contributed by atoms with van der Waals surface area (Å²) in [7, 11) is 3.44. The van der Waals surface area contributed by atoms with E-state index in [9.17, 15) is 19.5 Å². The first-order chi connectivity index (χ1) is 17.3. The minimum absolute atomic E-state index is 0.108. The van der Waals surface area contributed by atoms with Crippen LogP contribution in [0.1, 0.15) is 27.3 Å². The predicted molar refractivity (Wildman–Crippen MR) is 133 cm³/mol. The number of hydrogen-bond acceptors (Lipinski definition) is 9. The van der Waals surface area contributed by atoms with Crippen LogP contribution in [0.4, 0.5) is 5.82 Å². The normalized spacial score (nSPS) is 13.8. The number of ether oxygens (including phenoxy) is 1. The van der Waals surface area contributed by atoms with Crippen LogP contribution in [0.25, 0.3) is 16.2 Å². The average Bonchev–Trinajstić information content (AvgIpc) is 3.43. The number of hydrogen-bond donors (Lipinski definition) is 1. The highest BCUT2D eigenvalue weighted by Crippen LogP contribution is 2.29. The Balaban J connectivity index is 1.41. The van der Waals surface area contributed by atoms with Gasteiger partial charge < -0.3 is 14.7 Å². The van der Waals surface area contributed by atoms with E-state index in [2.05, 4.69) is 10.1 Å². The molecule has 0 amide bonds. The van der Waals surface area contributed by atoms with E-state index in [1.165, 1.54) is 17.5 Å². The summed E-state index contributed by atoms with van der Waals surface area (Å²) in [5.74, 6) is -0.720. The van der Waals surface area contributed by atoms with E-state index < -0.39 is 11.4 Å². The van der Waals surface area contributed by atoms with Crippen molar-refractivity contribution in [2.45, 2.75) is 20.0 Å². The Bertz CT molecular complexity index is 1530. The van der Waals surface area contributed by atoms with Gasteiger partial charge in [-0.15, -0.1) is 11.3 Å². The zero-order valence-electron chi connectivity index (χ0n) is 20.0. The van der Waals surface area contributed by atoms with E-state index in [4.69, 9.17) is 9.72 Å². The van der Waals surface area contributed by atoms with Crippen molar-refractivity contribution in [3.05, 3.63) is 62.6 Å². The second-order valence-corrected chi connectivity index (χ2v) is 9.66. The van der Waals surface area contributed by atoms with Gasteiger partial charge in [-0.1, -0.05) is 0 Å². The number of aryl methyl sites for hydroxylation is 2. The third kappa shape index (κ3) is 4.18. The SMILES string of the molecule is COCc1cc(CC(=O)C2CN(c3cc(C)c4c(=O)c(C(=O)O)cn(-c5nccs5)c4n3)C2)nn1C. The molecule has 36 heavy (non-hydrogen) atoms. The van der Waals surface area contributed by atoms with Crippen molar-refractivity contribution in [1.29, 1.82) is 0 Å². The molecule has 0 aromatic carbocycles. The molecule has 11 nitrogen and oxygen atoms in total. The second kappa shape index (κ2) is 9.28. The lowest BCUT2D eigenvalue weighted by molar-refractivity contribution is -0.123. The van der Waals surface area contributed by atoms with Gasteiger partial charge in [0, 0.05) is 45.0 Å². The molecule has 1 saturated heterocycles. The van der Waals surface area contributed by atoms with Crippen LogP contribution in [0.5, 0.6) is 0 Å². The fourth-order valence-electron chi connectivity index (χ4n) is 4.41. The van der Waals surface area contributed by atoms with E-state index >= 15 is 0 Å². The molecule has 0 radical (unpaired) electrons. The van der Waals surface area contributed by atoms with Crippen molar-refractivity contribution in [1.82, 2.24) is 24.3 Å². The Morgan fingerprint density at radius 1 is 1.28 bits per heavy atom. The number of aromatic carboxylic acids is 1. The largest absolute Gasteiger partial charge is 0.477 e. The number of aromatic nitrogens is 5. The van der Waals surface area contributed by atoms with Gasteiger partial charge in [-0.3, -0.25) is 18.8 Å². The lowest BCUT2D eigenvalue weighted by Gasteiger charge is -2.39. The molecule has 5 rings (SSSR count). The number of carboxylic acid groups (broad SMARTS) is 1. The quantitative estimate of drug-likeness (QED) is 0.379. The summed E-state index contributed by atoms with van der Waals surface area (Å²) < 4.78 is 8.42. The van der Waals surface area contributed by atoms with Crippen LogP contribution < -0.4 is 10.3 Å². The molecule has 1 aliphatic rings. The zero-order chi connectivity index (χ0) is 25.6. The number of Topliss-reactive ketones (excluding diaryl/α,β-unsaturated/α-hetero) is 1. The number of carboxylic acids is 1. The van der Waals surface area contributed by atoms with Crippen LogP contribution in [-0.2, 0) is 29.6 Å². The van der Waals surface area contributed by atoms with Crippen molar-refractivity contribution < 1.29 is 19.4 Å². The Kier molecular flexibility index (Phi) is 6.14. The fraction of sp³-hybridized carbons (Fsp3) is 0.333. The van der Waals surface area contributed by atoms with Crippen molar-refractivity contribution in [2.75, 3.05) is 25.1 Å². The third-order valence-corrected chi connectivity index (χ3v) is 7.10. The highest BCUT2D eigenvalue weighted by molar-refractivity contribution is 7.12. The van der Waals surface area contributed by atoms with Crippen LogP contribution in [0.15, 0.2) is 34.7 Å². The molecular formula is C24H24N6O5S. The van der Waals surface area contributed by atoms with Crippen LogP contribution in [-0.4, -0.2) is 61.4 Å². The topological polar surface area (TPSA) is 132 Å². The number of fused-ring (bicyclic) bond motifs is 1. The number of ketones is 1. The number of rotatable bonds is 8. The first-order valence-electron chi connectivity index (χ1n) is 11.3. The summed E-state index contributed by atoms with van der Waals surface area (Å²) in [6.45, 7) is 3.20. The van der Waals surface area contributed by atoms with E-state index in [1.807, 2.05) is 18.0 Å². The predicted octanol–water partition coefficient (Wildman–Crippen LogP) is 1.98. The van der Waals surface area contributed by atoms with Crippen LogP contribution >= 0.6 is 11.3 Å². The monoisotopic (exact) mass is 508 g/mol. The van der Waals surface area contributed by atoms with Gasteiger partial charge in [0.25, 0.3) is 0 Å². The van der Waals surface area contributed by atoms with Gasteiger partial charge in [0.15, 0.2) is 10.8 Å². The van der Waals surface area contributed by atoms with Gasteiger partial charge in [-0.25, -0.2) is 14.8 Å². The van der Waals surface area contributed by atoms with Gasteiger partial charge in [-0.05, 0) is 24.6 Å². The van der Waals surface area contributed by atoms with Crippen molar-refractivity contribution >= 4 is 39.9 Å². The van der Waals surface area contributed by atoms with E-state index in [0.29, 0.717) is 41.9 Å². The van der Waals surface area contributed by atoms with E-state index in [1.54, 1.807) is 40.9 Å². The summed E-state index contributed by atoms with van der Waals surface area (Å²) in [6.07, 6.45) is 3.13. The molecule has 0 unspecified atom stereocenters. The Morgan fingerprint density at radius 3 is 2.72 bits per heavy atom. The molecule has 1 fully saturated rings. The molecule has 0 atom stereocenters. The molecule has 1 N–H and O–H groups in total. The van der Waals surface area contributed by atoms with Crippen LogP contribution in [0.3, 0.4) is 0 Å². The maximum Gasteiger partial charge on any atom is 0.341 e. The van der Waals surface area contributed by atoms with E-state index in [0.717, 1.165) is 11.4 Å². The maximum atomic E-state index is 12.9. The van der Waals surface area contributed by atoms with Crippen molar-refractivity contribution in [2.24, 2.45) is 13.0 Å². The number of carbonyl (C=O) groups excluding carboxylic acids is 1. The molecule has 0 bridgehead atoms. The van der Waals surface area contributed by atoms with Gasteiger partial charge in [0.05, 0.1) is 35.7 Å². The Hall–Kier alpha value is -3.90. The Labute approximate surface area is 209 Å². The maximum absolute atomic E-state index is 12.9. The molecule has 4 aromatic heterocycles. The summed E-state index contributed by atoms with van der Waals surface area (Å²) in [5.41, 5.74) is 1.65. The highest BCUT2D eigenvalue weighted by Gasteiger charge is 2.34. The summed E-state index contributed by atoms with van der Waals surface area (Å²) in [5, 5.41) is 16.5. The first kappa shape index (κ1) is 23.8. The molecular weight excluding hydrogens is 484 g/mol. The molecule has 0 saturated carbocycles. The standard InChI is InChI=1S/C24H24N6O5S/c1-13-6-19(29-9-14(10-29)18(31)8-15-7-16(12-35-3)28(2)27-15)26-22-20(13)21(32)17(23(33)34)11-30(22)24-25-4-5-36-24/h4-7,11,14H,8-10,12H2,1-3H3,(H,33,34). The third-order valence-electron chi connectivity index (χ3n) is 6.33.